The molecule has 4 nitrogen and oxygen atoms in total. The summed E-state index contributed by atoms with van der Waals surface area (Å²) in [4.78, 5) is 0.179. The Hall–Kier alpha value is -0.980. The van der Waals surface area contributed by atoms with Crippen LogP contribution >= 0.6 is 0 Å². The van der Waals surface area contributed by atoms with Crippen LogP contribution in [-0.4, -0.2) is 39.0 Å². The summed E-state index contributed by atoms with van der Waals surface area (Å²) in [6.45, 7) is 5.93. The summed E-state index contributed by atoms with van der Waals surface area (Å²) >= 11 is 0. The average molecular weight is 319 g/mol. The zero-order valence-corrected chi connectivity index (χ0v) is 14.0. The Bertz CT molecular complexity index is 488. The molecule has 0 aliphatic heterocycles. The molecule has 0 aliphatic rings. The van der Waals surface area contributed by atoms with E-state index in [2.05, 4.69) is 19.2 Å². The highest BCUT2D eigenvalue weighted by Gasteiger charge is 2.20. The van der Waals surface area contributed by atoms with Gasteiger partial charge in [0.15, 0.2) is 9.84 Å². The summed E-state index contributed by atoms with van der Waals surface area (Å²) in [5, 5.41) is 12.8. The van der Waals surface area contributed by atoms with Gasteiger partial charge in [0.1, 0.15) is 6.67 Å². The molecule has 0 amide bonds. The van der Waals surface area contributed by atoms with Crippen LogP contribution in [0.1, 0.15) is 38.9 Å². The first-order valence-electron chi connectivity index (χ1n) is 7.09. The number of benzene rings is 1. The molecule has 0 aromatic heterocycles. The fourth-order valence-corrected chi connectivity index (χ4v) is 2.29. The van der Waals surface area contributed by atoms with E-state index < -0.39 is 28.7 Å². The van der Waals surface area contributed by atoms with E-state index in [-0.39, 0.29) is 4.90 Å². The van der Waals surface area contributed by atoms with Crippen LogP contribution < -0.4 is 5.32 Å². The fourth-order valence-electron chi connectivity index (χ4n) is 1.66. The summed E-state index contributed by atoms with van der Waals surface area (Å²) in [5.41, 5.74) is 0.492. The molecule has 0 unspecified atom stereocenters. The monoisotopic (exact) mass is 319 g/mol. The molecule has 0 bridgehead atoms. The predicted octanol–water partition coefficient (Wildman–Crippen LogP) is 2.49. The standard InChI is InChI=1S/C12H18FNO3S.C3H8/c1-3-14-11(8-13)12(15)9-4-6-10(7-5-9)18(2,16)17;1-3-2/h4-7,11-12,14-15H,3,8H2,1-2H3;3H2,1-2H3/t11-,12-;/m1./s1. The fraction of sp³-hybridized carbons (Fsp3) is 0.600. The van der Waals surface area contributed by atoms with Gasteiger partial charge in [0.05, 0.1) is 17.0 Å². The van der Waals surface area contributed by atoms with Gasteiger partial charge in [-0.25, -0.2) is 12.8 Å². The van der Waals surface area contributed by atoms with Crippen molar-refractivity contribution in [2.45, 2.75) is 44.2 Å². The highest BCUT2D eigenvalue weighted by molar-refractivity contribution is 7.90. The Morgan fingerprint density at radius 1 is 1.19 bits per heavy atom. The van der Waals surface area contributed by atoms with E-state index in [9.17, 15) is 17.9 Å². The summed E-state index contributed by atoms with van der Waals surface area (Å²) in [7, 11) is -3.25. The lowest BCUT2D eigenvalue weighted by atomic mass is 10.0. The molecule has 6 heteroatoms. The number of hydrogen-bond acceptors (Lipinski definition) is 4. The van der Waals surface area contributed by atoms with Crippen LogP contribution in [0.2, 0.25) is 0 Å². The maximum atomic E-state index is 12.7. The minimum Gasteiger partial charge on any atom is -0.387 e. The second kappa shape index (κ2) is 9.87. The number of aliphatic hydroxyl groups excluding tert-OH is 1. The van der Waals surface area contributed by atoms with Gasteiger partial charge in [0, 0.05) is 6.26 Å². The van der Waals surface area contributed by atoms with Crippen molar-refractivity contribution in [3.05, 3.63) is 29.8 Å². The molecule has 1 aromatic rings. The van der Waals surface area contributed by atoms with Crippen molar-refractivity contribution in [1.29, 1.82) is 0 Å². The van der Waals surface area contributed by atoms with Gasteiger partial charge < -0.3 is 10.4 Å². The van der Waals surface area contributed by atoms with Crippen LogP contribution in [-0.2, 0) is 9.84 Å². The lowest BCUT2D eigenvalue weighted by Gasteiger charge is -2.21. The maximum Gasteiger partial charge on any atom is 0.175 e. The van der Waals surface area contributed by atoms with Gasteiger partial charge in [0.25, 0.3) is 0 Å². The maximum absolute atomic E-state index is 12.7. The zero-order valence-electron chi connectivity index (χ0n) is 13.1. The number of likely N-dealkylation sites (N-methyl/N-ethyl adjacent to an activating group) is 1. The predicted molar refractivity (Wildman–Crippen MR) is 83.9 cm³/mol. The summed E-state index contributed by atoms with van der Waals surface area (Å²) in [5.74, 6) is 0. The molecular weight excluding hydrogens is 293 g/mol. The van der Waals surface area contributed by atoms with E-state index in [1.54, 1.807) is 0 Å². The van der Waals surface area contributed by atoms with Crippen LogP contribution in [0, 0.1) is 0 Å². The number of sulfone groups is 1. The summed E-state index contributed by atoms with van der Waals surface area (Å²) in [6, 6.07) is 5.14. The third-order valence-electron chi connectivity index (χ3n) is 2.66. The Balaban J connectivity index is 0.00000122. The molecule has 2 N–H and O–H groups in total. The van der Waals surface area contributed by atoms with Crippen LogP contribution in [0.15, 0.2) is 29.2 Å². The first-order chi connectivity index (χ1) is 9.81. The second-order valence-corrected chi connectivity index (χ2v) is 6.83. The zero-order chi connectivity index (χ0) is 16.5. The molecule has 0 saturated carbocycles. The van der Waals surface area contributed by atoms with Crippen LogP contribution in [0.5, 0.6) is 0 Å². The van der Waals surface area contributed by atoms with Gasteiger partial charge in [-0.2, -0.15) is 0 Å². The molecular formula is C15H26FNO3S. The minimum atomic E-state index is -3.25. The molecule has 0 heterocycles. The molecule has 2 atom stereocenters. The molecule has 21 heavy (non-hydrogen) atoms. The number of alkyl halides is 1. The Labute approximate surface area is 127 Å². The van der Waals surface area contributed by atoms with Gasteiger partial charge in [-0.1, -0.05) is 39.3 Å². The highest BCUT2D eigenvalue weighted by atomic mass is 32.2. The molecule has 0 radical (unpaired) electrons. The third-order valence-corrected chi connectivity index (χ3v) is 3.79. The molecule has 0 aliphatic carbocycles. The van der Waals surface area contributed by atoms with Gasteiger partial charge in [0.2, 0.25) is 0 Å². The molecule has 0 saturated heterocycles. The lowest BCUT2D eigenvalue weighted by Crippen LogP contribution is -2.36. The van der Waals surface area contributed by atoms with E-state index in [0.29, 0.717) is 12.1 Å². The Morgan fingerprint density at radius 3 is 2.00 bits per heavy atom. The van der Waals surface area contributed by atoms with Crippen molar-refractivity contribution >= 4 is 9.84 Å². The van der Waals surface area contributed by atoms with E-state index in [1.165, 1.54) is 30.7 Å². The summed E-state index contributed by atoms with van der Waals surface area (Å²) in [6.07, 6.45) is 1.37. The van der Waals surface area contributed by atoms with E-state index >= 15 is 0 Å². The lowest BCUT2D eigenvalue weighted by molar-refractivity contribution is 0.114. The van der Waals surface area contributed by atoms with Crippen LogP contribution in [0.3, 0.4) is 0 Å². The van der Waals surface area contributed by atoms with Crippen molar-refractivity contribution in [2.75, 3.05) is 19.5 Å². The number of nitrogens with one attached hydrogen (secondary N) is 1. The third kappa shape index (κ3) is 7.02. The first kappa shape index (κ1) is 20.0. The number of aliphatic hydroxyl groups is 1. The molecule has 122 valence electrons. The normalized spacial score (nSPS) is 14.0. The SMILES string of the molecule is CCC.CCN[C@H](CF)[C@H](O)c1ccc(S(C)(=O)=O)cc1. The number of halogens is 1. The van der Waals surface area contributed by atoms with Crippen molar-refractivity contribution in [3.8, 4) is 0 Å². The topological polar surface area (TPSA) is 66.4 Å². The molecule has 0 fully saturated rings. The van der Waals surface area contributed by atoms with Crippen molar-refractivity contribution in [2.24, 2.45) is 0 Å². The van der Waals surface area contributed by atoms with Gasteiger partial charge in [-0.3, -0.25) is 0 Å². The highest BCUT2D eigenvalue weighted by Crippen LogP contribution is 2.19. The number of rotatable bonds is 6. The van der Waals surface area contributed by atoms with E-state index in [1.807, 2.05) is 6.92 Å². The quantitative estimate of drug-likeness (QED) is 0.845. The number of hydrogen-bond donors (Lipinski definition) is 2. The summed E-state index contributed by atoms with van der Waals surface area (Å²) < 4.78 is 35.3. The molecule has 1 aromatic carbocycles. The Kier molecular flexibility index (Phi) is 9.41. The van der Waals surface area contributed by atoms with E-state index in [0.717, 1.165) is 6.26 Å². The van der Waals surface area contributed by atoms with E-state index in [4.69, 9.17) is 0 Å². The van der Waals surface area contributed by atoms with Crippen molar-refractivity contribution < 1.29 is 17.9 Å². The van der Waals surface area contributed by atoms with Crippen LogP contribution in [0.25, 0.3) is 0 Å². The van der Waals surface area contributed by atoms with Gasteiger partial charge in [-0.05, 0) is 24.2 Å². The van der Waals surface area contributed by atoms with Gasteiger partial charge >= 0.3 is 0 Å². The molecule has 0 spiro atoms. The molecule has 1 rings (SSSR count). The average Bonchev–Trinajstić information content (AvgIpc) is 2.44. The second-order valence-electron chi connectivity index (χ2n) is 4.81. The van der Waals surface area contributed by atoms with Crippen molar-refractivity contribution in [1.82, 2.24) is 5.32 Å². The van der Waals surface area contributed by atoms with Gasteiger partial charge in [-0.15, -0.1) is 0 Å². The first-order valence-corrected chi connectivity index (χ1v) is 8.98. The smallest absolute Gasteiger partial charge is 0.175 e. The van der Waals surface area contributed by atoms with Crippen LogP contribution in [0.4, 0.5) is 4.39 Å². The largest absolute Gasteiger partial charge is 0.387 e. The Morgan fingerprint density at radius 2 is 1.67 bits per heavy atom. The van der Waals surface area contributed by atoms with Crippen molar-refractivity contribution in [3.63, 3.8) is 0 Å². The minimum absolute atomic E-state index is 0.179.